The Morgan fingerprint density at radius 3 is 2.67 bits per heavy atom. The molecule has 84 valence electrons. The molecule has 0 amide bonds. The average Bonchev–Trinajstić information content (AvgIpc) is 2.14. The number of hydrogen-bond donors (Lipinski definition) is 1. The number of rotatable bonds is 4. The quantitative estimate of drug-likeness (QED) is 0.824. The summed E-state index contributed by atoms with van der Waals surface area (Å²) in [5, 5.41) is 0. The van der Waals surface area contributed by atoms with E-state index in [1.807, 2.05) is 13.0 Å². The molecular weight excluding hydrogens is 186 g/mol. The molecule has 15 heavy (non-hydrogen) atoms. The van der Waals surface area contributed by atoms with Crippen molar-refractivity contribution in [3.05, 3.63) is 17.8 Å². The highest BCUT2D eigenvalue weighted by atomic mass is 15.2. The van der Waals surface area contributed by atoms with Gasteiger partial charge in [-0.3, -0.25) is 0 Å². The Bertz CT molecular complexity index is 321. The van der Waals surface area contributed by atoms with E-state index in [1.54, 1.807) is 6.20 Å². The van der Waals surface area contributed by atoms with E-state index in [0.29, 0.717) is 0 Å². The van der Waals surface area contributed by atoms with Crippen LogP contribution >= 0.6 is 0 Å². The molecule has 3 heteroatoms. The van der Waals surface area contributed by atoms with Crippen LogP contribution in [-0.2, 0) is 0 Å². The maximum absolute atomic E-state index is 5.67. The third-order valence-corrected chi connectivity index (χ3v) is 2.48. The predicted molar refractivity (Wildman–Crippen MR) is 66.1 cm³/mol. The molecule has 0 saturated carbocycles. The molecule has 1 aromatic rings. The van der Waals surface area contributed by atoms with Gasteiger partial charge in [0.25, 0.3) is 0 Å². The number of pyridine rings is 1. The Kier molecular flexibility index (Phi) is 3.95. The predicted octanol–water partition coefficient (Wildman–Crippen LogP) is 2.45. The fourth-order valence-corrected chi connectivity index (χ4v) is 1.55. The van der Waals surface area contributed by atoms with Crippen molar-refractivity contribution < 1.29 is 0 Å². The average molecular weight is 207 g/mol. The standard InChI is InChI=1S/C12H21N3/c1-9(2)5-6-15(4)12-10(3)7-11(13)8-14-12/h7-9H,5-6,13H2,1-4H3. The highest BCUT2D eigenvalue weighted by molar-refractivity contribution is 5.52. The van der Waals surface area contributed by atoms with E-state index in [1.165, 1.54) is 6.42 Å². The molecule has 3 nitrogen and oxygen atoms in total. The van der Waals surface area contributed by atoms with Gasteiger partial charge in [0.2, 0.25) is 0 Å². The number of hydrogen-bond acceptors (Lipinski definition) is 3. The van der Waals surface area contributed by atoms with Crippen LogP contribution in [0.3, 0.4) is 0 Å². The summed E-state index contributed by atoms with van der Waals surface area (Å²) in [6, 6.07) is 1.97. The summed E-state index contributed by atoms with van der Waals surface area (Å²) in [7, 11) is 2.08. The van der Waals surface area contributed by atoms with Gasteiger partial charge in [-0.2, -0.15) is 0 Å². The molecule has 0 aliphatic heterocycles. The van der Waals surface area contributed by atoms with E-state index >= 15 is 0 Å². The van der Waals surface area contributed by atoms with Crippen molar-refractivity contribution in [2.75, 3.05) is 24.2 Å². The first kappa shape index (κ1) is 11.8. The highest BCUT2D eigenvalue weighted by Gasteiger charge is 2.06. The summed E-state index contributed by atoms with van der Waals surface area (Å²) in [5.41, 5.74) is 7.54. The Balaban J connectivity index is 2.69. The van der Waals surface area contributed by atoms with Crippen molar-refractivity contribution in [2.24, 2.45) is 5.92 Å². The van der Waals surface area contributed by atoms with E-state index in [0.717, 1.165) is 29.5 Å². The second-order valence-corrected chi connectivity index (χ2v) is 4.51. The smallest absolute Gasteiger partial charge is 0.131 e. The van der Waals surface area contributed by atoms with Gasteiger partial charge >= 0.3 is 0 Å². The second-order valence-electron chi connectivity index (χ2n) is 4.51. The minimum atomic E-state index is 0.724. The van der Waals surface area contributed by atoms with Crippen LogP contribution in [0.25, 0.3) is 0 Å². The number of anilines is 2. The van der Waals surface area contributed by atoms with Crippen molar-refractivity contribution >= 4 is 11.5 Å². The van der Waals surface area contributed by atoms with Crippen LogP contribution in [-0.4, -0.2) is 18.6 Å². The van der Waals surface area contributed by atoms with Gasteiger partial charge in [0.1, 0.15) is 5.82 Å². The first-order valence-corrected chi connectivity index (χ1v) is 5.44. The topological polar surface area (TPSA) is 42.1 Å². The Hall–Kier alpha value is -1.25. The molecule has 0 saturated heterocycles. The second kappa shape index (κ2) is 5.01. The number of nitrogens with two attached hydrogens (primary N) is 1. The number of nitrogen functional groups attached to an aromatic ring is 1. The SMILES string of the molecule is Cc1cc(N)cnc1N(C)CCC(C)C. The van der Waals surface area contributed by atoms with Gasteiger partial charge in [0.15, 0.2) is 0 Å². The molecule has 0 aliphatic carbocycles. The lowest BCUT2D eigenvalue weighted by Crippen LogP contribution is -2.22. The highest BCUT2D eigenvalue weighted by Crippen LogP contribution is 2.18. The van der Waals surface area contributed by atoms with Crippen molar-refractivity contribution in [1.29, 1.82) is 0 Å². The van der Waals surface area contributed by atoms with Gasteiger partial charge in [-0.1, -0.05) is 13.8 Å². The Morgan fingerprint density at radius 2 is 2.13 bits per heavy atom. The molecule has 0 aromatic carbocycles. The number of nitrogens with zero attached hydrogens (tertiary/aromatic N) is 2. The summed E-state index contributed by atoms with van der Waals surface area (Å²) in [6.07, 6.45) is 2.90. The first-order valence-electron chi connectivity index (χ1n) is 5.44. The minimum Gasteiger partial charge on any atom is -0.397 e. The summed E-state index contributed by atoms with van der Waals surface area (Å²) < 4.78 is 0. The molecule has 0 radical (unpaired) electrons. The molecule has 0 spiro atoms. The molecule has 1 aromatic heterocycles. The fourth-order valence-electron chi connectivity index (χ4n) is 1.55. The number of aromatic nitrogens is 1. The summed E-state index contributed by atoms with van der Waals surface area (Å²) in [5.74, 6) is 1.76. The zero-order chi connectivity index (χ0) is 11.4. The Morgan fingerprint density at radius 1 is 1.47 bits per heavy atom. The van der Waals surface area contributed by atoms with Crippen LogP contribution in [0.15, 0.2) is 12.3 Å². The molecule has 0 fully saturated rings. The molecule has 1 rings (SSSR count). The monoisotopic (exact) mass is 207 g/mol. The summed E-state index contributed by atoms with van der Waals surface area (Å²) in [4.78, 5) is 6.55. The van der Waals surface area contributed by atoms with Crippen LogP contribution in [0.4, 0.5) is 11.5 Å². The van der Waals surface area contributed by atoms with Crippen molar-refractivity contribution in [2.45, 2.75) is 27.2 Å². The maximum Gasteiger partial charge on any atom is 0.131 e. The van der Waals surface area contributed by atoms with Crippen LogP contribution in [0, 0.1) is 12.8 Å². The van der Waals surface area contributed by atoms with Gasteiger partial charge in [-0.15, -0.1) is 0 Å². The lowest BCUT2D eigenvalue weighted by atomic mass is 10.1. The molecule has 0 unspecified atom stereocenters. The van der Waals surface area contributed by atoms with E-state index in [2.05, 4.69) is 30.8 Å². The molecule has 2 N–H and O–H groups in total. The molecular formula is C12H21N3. The Labute approximate surface area is 92.3 Å². The molecule has 0 aliphatic rings. The van der Waals surface area contributed by atoms with Crippen molar-refractivity contribution in [3.8, 4) is 0 Å². The van der Waals surface area contributed by atoms with Crippen LogP contribution in [0.2, 0.25) is 0 Å². The summed E-state index contributed by atoms with van der Waals surface area (Å²) in [6.45, 7) is 7.55. The van der Waals surface area contributed by atoms with Gasteiger partial charge in [0.05, 0.1) is 11.9 Å². The zero-order valence-electron chi connectivity index (χ0n) is 10.1. The maximum atomic E-state index is 5.67. The van der Waals surface area contributed by atoms with E-state index in [9.17, 15) is 0 Å². The lowest BCUT2D eigenvalue weighted by Gasteiger charge is -2.21. The van der Waals surface area contributed by atoms with Gasteiger partial charge in [-0.05, 0) is 30.9 Å². The van der Waals surface area contributed by atoms with Gasteiger partial charge < -0.3 is 10.6 Å². The van der Waals surface area contributed by atoms with E-state index in [4.69, 9.17) is 5.73 Å². The van der Waals surface area contributed by atoms with Crippen LogP contribution in [0.1, 0.15) is 25.8 Å². The van der Waals surface area contributed by atoms with Crippen LogP contribution in [0.5, 0.6) is 0 Å². The van der Waals surface area contributed by atoms with Crippen LogP contribution < -0.4 is 10.6 Å². The van der Waals surface area contributed by atoms with E-state index < -0.39 is 0 Å². The first-order chi connectivity index (χ1) is 7.00. The van der Waals surface area contributed by atoms with Gasteiger partial charge in [0, 0.05) is 13.6 Å². The fraction of sp³-hybridized carbons (Fsp3) is 0.583. The summed E-state index contributed by atoms with van der Waals surface area (Å²) >= 11 is 0. The van der Waals surface area contributed by atoms with Crippen molar-refractivity contribution in [3.63, 3.8) is 0 Å². The van der Waals surface area contributed by atoms with Gasteiger partial charge in [-0.25, -0.2) is 4.98 Å². The third kappa shape index (κ3) is 3.42. The molecule has 1 heterocycles. The lowest BCUT2D eigenvalue weighted by molar-refractivity contribution is 0.583. The van der Waals surface area contributed by atoms with Crippen molar-refractivity contribution in [1.82, 2.24) is 4.98 Å². The zero-order valence-corrected chi connectivity index (χ0v) is 10.1. The largest absolute Gasteiger partial charge is 0.397 e. The third-order valence-electron chi connectivity index (χ3n) is 2.48. The molecule has 0 atom stereocenters. The van der Waals surface area contributed by atoms with E-state index in [-0.39, 0.29) is 0 Å². The normalized spacial score (nSPS) is 10.7. The number of aryl methyl sites for hydroxylation is 1. The minimum absolute atomic E-state index is 0.724. The molecule has 0 bridgehead atoms.